The summed E-state index contributed by atoms with van der Waals surface area (Å²) in [7, 11) is 0. The summed E-state index contributed by atoms with van der Waals surface area (Å²) in [5.41, 5.74) is 0.951. The maximum atomic E-state index is 13.0. The van der Waals surface area contributed by atoms with Crippen molar-refractivity contribution in [2.24, 2.45) is 0 Å². The molecule has 0 saturated carbocycles. The Morgan fingerprint density at radius 1 is 1.54 bits per heavy atom. The van der Waals surface area contributed by atoms with Gasteiger partial charge in [0.15, 0.2) is 6.29 Å². The number of benzene rings is 1. The van der Waals surface area contributed by atoms with Crippen LogP contribution in [0.5, 0.6) is 0 Å². The van der Waals surface area contributed by atoms with Gasteiger partial charge in [-0.3, -0.25) is 4.79 Å². The lowest BCUT2D eigenvalue weighted by Crippen LogP contribution is -1.95. The van der Waals surface area contributed by atoms with E-state index < -0.39 is 6.17 Å². The van der Waals surface area contributed by atoms with Crippen molar-refractivity contribution in [1.82, 2.24) is 0 Å². The molecule has 1 atom stereocenters. The summed E-state index contributed by atoms with van der Waals surface area (Å²) in [6.07, 6.45) is 1.50. The van der Waals surface area contributed by atoms with Crippen LogP contribution in [-0.2, 0) is 0 Å². The zero-order valence-electron chi connectivity index (χ0n) is 7.58. The lowest BCUT2D eigenvalue weighted by atomic mass is 10.1. The number of alkyl halides is 1. The van der Waals surface area contributed by atoms with Crippen molar-refractivity contribution in [2.45, 2.75) is 18.0 Å². The molecule has 0 N–H and O–H groups in total. The number of halogens is 1. The highest BCUT2D eigenvalue weighted by atomic mass is 32.2. The minimum absolute atomic E-state index is 0.474. The van der Waals surface area contributed by atoms with Gasteiger partial charge in [0.05, 0.1) is 0 Å². The highest BCUT2D eigenvalue weighted by Crippen LogP contribution is 2.27. The standard InChI is InChI=1S/C10H11FOS/c1-7(11)8-4-3-5-10(13-2)9(8)6-12/h3-7H,1-2H3/t7-/m1/s1. The van der Waals surface area contributed by atoms with Crippen LogP contribution in [0.3, 0.4) is 0 Å². The second kappa shape index (κ2) is 4.42. The monoisotopic (exact) mass is 198 g/mol. The maximum Gasteiger partial charge on any atom is 0.151 e. The van der Waals surface area contributed by atoms with Crippen molar-refractivity contribution in [3.05, 3.63) is 29.3 Å². The summed E-state index contributed by atoms with van der Waals surface area (Å²) >= 11 is 1.45. The minimum Gasteiger partial charge on any atom is -0.298 e. The SMILES string of the molecule is CSc1cccc([C@@H](C)F)c1C=O. The number of hydrogen-bond acceptors (Lipinski definition) is 2. The molecule has 1 nitrogen and oxygen atoms in total. The van der Waals surface area contributed by atoms with Crippen LogP contribution >= 0.6 is 11.8 Å². The van der Waals surface area contributed by atoms with Gasteiger partial charge in [-0.2, -0.15) is 0 Å². The van der Waals surface area contributed by atoms with Crippen LogP contribution in [-0.4, -0.2) is 12.5 Å². The first kappa shape index (κ1) is 10.3. The molecule has 0 aliphatic rings. The Morgan fingerprint density at radius 3 is 2.69 bits per heavy atom. The third-order valence-corrected chi connectivity index (χ3v) is 2.66. The Bertz CT molecular complexity index is 310. The predicted octanol–water partition coefficient (Wildman–Crippen LogP) is 3.25. The molecule has 0 heterocycles. The van der Waals surface area contributed by atoms with Crippen LogP contribution in [0, 0.1) is 0 Å². The first-order chi connectivity index (χ1) is 6.20. The van der Waals surface area contributed by atoms with Crippen molar-refractivity contribution in [3.63, 3.8) is 0 Å². The van der Waals surface area contributed by atoms with Crippen molar-refractivity contribution in [3.8, 4) is 0 Å². The molecule has 0 spiro atoms. The third-order valence-electron chi connectivity index (χ3n) is 1.87. The molecule has 1 rings (SSSR count). The fourth-order valence-electron chi connectivity index (χ4n) is 1.21. The Hall–Kier alpha value is -0.830. The van der Waals surface area contributed by atoms with Crippen molar-refractivity contribution >= 4 is 18.0 Å². The number of thioether (sulfide) groups is 1. The Kier molecular flexibility index (Phi) is 3.48. The molecule has 1 aromatic rings. The second-order valence-electron chi connectivity index (χ2n) is 2.70. The average Bonchev–Trinajstić information content (AvgIpc) is 2.16. The van der Waals surface area contributed by atoms with E-state index >= 15 is 0 Å². The summed E-state index contributed by atoms with van der Waals surface area (Å²) in [5, 5.41) is 0. The lowest BCUT2D eigenvalue weighted by molar-refractivity contribution is 0.111. The molecule has 0 aromatic heterocycles. The van der Waals surface area contributed by atoms with Crippen LogP contribution in [0.15, 0.2) is 23.1 Å². The van der Waals surface area contributed by atoms with E-state index in [1.165, 1.54) is 18.7 Å². The largest absolute Gasteiger partial charge is 0.298 e. The van der Waals surface area contributed by atoms with Gasteiger partial charge in [0.25, 0.3) is 0 Å². The fraction of sp³-hybridized carbons (Fsp3) is 0.300. The van der Waals surface area contributed by atoms with Gasteiger partial charge in [-0.1, -0.05) is 12.1 Å². The number of hydrogen-bond donors (Lipinski definition) is 0. The van der Waals surface area contributed by atoms with E-state index in [0.717, 1.165) is 11.2 Å². The van der Waals surface area contributed by atoms with Gasteiger partial charge in [-0.25, -0.2) is 4.39 Å². The summed E-state index contributed by atoms with van der Waals surface area (Å²) < 4.78 is 13.0. The Balaban J connectivity index is 3.27. The zero-order chi connectivity index (χ0) is 9.84. The molecule has 13 heavy (non-hydrogen) atoms. The van der Waals surface area contributed by atoms with Crippen molar-refractivity contribution in [1.29, 1.82) is 0 Å². The van der Waals surface area contributed by atoms with E-state index in [1.807, 2.05) is 12.3 Å². The molecule has 0 aliphatic carbocycles. The summed E-state index contributed by atoms with van der Waals surface area (Å²) in [6.45, 7) is 1.44. The fourth-order valence-corrected chi connectivity index (χ4v) is 1.81. The minimum atomic E-state index is -1.09. The first-order valence-electron chi connectivity index (χ1n) is 3.97. The predicted molar refractivity (Wildman–Crippen MR) is 53.1 cm³/mol. The van der Waals surface area contributed by atoms with Crippen molar-refractivity contribution < 1.29 is 9.18 Å². The van der Waals surface area contributed by atoms with Crippen LogP contribution < -0.4 is 0 Å². The summed E-state index contributed by atoms with van der Waals surface area (Å²) in [4.78, 5) is 11.6. The average molecular weight is 198 g/mol. The zero-order valence-corrected chi connectivity index (χ0v) is 8.40. The van der Waals surface area contributed by atoms with E-state index in [4.69, 9.17) is 0 Å². The molecule has 1 aromatic carbocycles. The molecule has 0 aliphatic heterocycles. The first-order valence-corrected chi connectivity index (χ1v) is 5.19. The molecule has 0 fully saturated rings. The van der Waals surface area contributed by atoms with Gasteiger partial charge in [0.1, 0.15) is 6.17 Å². The van der Waals surface area contributed by atoms with Crippen LogP contribution in [0.4, 0.5) is 4.39 Å². The molecule has 0 saturated heterocycles. The lowest BCUT2D eigenvalue weighted by Gasteiger charge is -2.08. The number of carbonyl (C=O) groups excluding carboxylic acids is 1. The van der Waals surface area contributed by atoms with Gasteiger partial charge < -0.3 is 0 Å². The molecule has 3 heteroatoms. The molecule has 0 radical (unpaired) electrons. The molecular formula is C10H11FOS. The van der Waals surface area contributed by atoms with E-state index in [9.17, 15) is 9.18 Å². The van der Waals surface area contributed by atoms with Crippen LogP contribution in [0.25, 0.3) is 0 Å². The van der Waals surface area contributed by atoms with Gasteiger partial charge >= 0.3 is 0 Å². The number of rotatable bonds is 3. The van der Waals surface area contributed by atoms with Gasteiger partial charge in [0, 0.05) is 10.5 Å². The van der Waals surface area contributed by atoms with Gasteiger partial charge in [0.2, 0.25) is 0 Å². The molecular weight excluding hydrogens is 187 g/mol. The Morgan fingerprint density at radius 2 is 2.23 bits per heavy atom. The quantitative estimate of drug-likeness (QED) is 0.547. The topological polar surface area (TPSA) is 17.1 Å². The Labute approximate surface area is 81.3 Å². The van der Waals surface area contributed by atoms with Crippen LogP contribution in [0.2, 0.25) is 0 Å². The number of carbonyl (C=O) groups is 1. The smallest absolute Gasteiger partial charge is 0.151 e. The summed E-state index contributed by atoms with van der Waals surface area (Å²) in [6, 6.07) is 5.23. The van der Waals surface area contributed by atoms with E-state index in [0.29, 0.717) is 11.1 Å². The van der Waals surface area contributed by atoms with E-state index in [-0.39, 0.29) is 0 Å². The van der Waals surface area contributed by atoms with Crippen LogP contribution in [0.1, 0.15) is 29.0 Å². The summed E-state index contributed by atoms with van der Waals surface area (Å²) in [5.74, 6) is 0. The maximum absolute atomic E-state index is 13.0. The van der Waals surface area contributed by atoms with E-state index in [1.54, 1.807) is 12.1 Å². The van der Waals surface area contributed by atoms with E-state index in [2.05, 4.69) is 0 Å². The second-order valence-corrected chi connectivity index (χ2v) is 3.55. The van der Waals surface area contributed by atoms with Gasteiger partial charge in [-0.05, 0) is 24.8 Å². The molecule has 0 unspecified atom stereocenters. The molecule has 70 valence electrons. The molecule has 0 amide bonds. The van der Waals surface area contributed by atoms with Gasteiger partial charge in [-0.15, -0.1) is 11.8 Å². The number of aldehydes is 1. The van der Waals surface area contributed by atoms with Crippen molar-refractivity contribution in [2.75, 3.05) is 6.26 Å². The third kappa shape index (κ3) is 2.10. The highest BCUT2D eigenvalue weighted by Gasteiger charge is 2.11. The normalized spacial score (nSPS) is 12.5. The molecule has 0 bridgehead atoms. The highest BCUT2D eigenvalue weighted by molar-refractivity contribution is 7.98.